The molecule has 0 amide bonds. The number of quaternary nitrogens is 1. The Morgan fingerprint density at radius 3 is 2.65 bits per heavy atom. The quantitative estimate of drug-likeness (QED) is 0.737. The highest BCUT2D eigenvalue weighted by molar-refractivity contribution is 6.32. The molecule has 1 atom stereocenters. The fraction of sp³-hybridized carbons (Fsp3) is 0.400. The van der Waals surface area contributed by atoms with Crippen molar-refractivity contribution in [1.82, 2.24) is 0 Å². The molecule has 0 aliphatic carbocycles. The molecule has 1 aliphatic rings. The maximum Gasteiger partial charge on any atom is 0.180 e. The molecule has 0 aromatic heterocycles. The van der Waals surface area contributed by atoms with Crippen molar-refractivity contribution in [3.05, 3.63) is 57.6 Å². The fourth-order valence-corrected chi connectivity index (χ4v) is 3.45. The molecule has 1 saturated heterocycles. The van der Waals surface area contributed by atoms with Gasteiger partial charge in [0, 0.05) is 17.2 Å². The Kier molecular flexibility index (Phi) is 7.03. The summed E-state index contributed by atoms with van der Waals surface area (Å²) in [4.78, 5) is 0. The molecular weight excluding hydrogens is 373 g/mol. The highest BCUT2D eigenvalue weighted by atomic mass is 35.5. The number of rotatable bonds is 8. The van der Waals surface area contributed by atoms with E-state index in [9.17, 15) is 0 Å². The van der Waals surface area contributed by atoms with Gasteiger partial charge in [-0.05, 0) is 42.7 Å². The van der Waals surface area contributed by atoms with Gasteiger partial charge in [0.25, 0.3) is 0 Å². The number of hydrogen-bond donors (Lipinski definition) is 1. The summed E-state index contributed by atoms with van der Waals surface area (Å²) in [7, 11) is 1.63. The van der Waals surface area contributed by atoms with Crippen molar-refractivity contribution >= 4 is 23.2 Å². The Morgan fingerprint density at radius 1 is 1.15 bits per heavy atom. The van der Waals surface area contributed by atoms with Crippen molar-refractivity contribution in [2.75, 3.05) is 20.3 Å². The third kappa shape index (κ3) is 5.27. The second-order valence-electron chi connectivity index (χ2n) is 6.39. The van der Waals surface area contributed by atoms with Crippen LogP contribution in [0.4, 0.5) is 0 Å². The Balaban J connectivity index is 1.61. The molecule has 140 valence electrons. The Morgan fingerprint density at radius 2 is 1.96 bits per heavy atom. The lowest BCUT2D eigenvalue weighted by atomic mass is 10.2. The molecule has 3 rings (SSSR count). The average Bonchev–Trinajstić information content (AvgIpc) is 3.15. The van der Waals surface area contributed by atoms with Gasteiger partial charge in [0.15, 0.2) is 11.5 Å². The third-order valence-corrected chi connectivity index (χ3v) is 4.95. The molecule has 0 unspecified atom stereocenters. The second kappa shape index (κ2) is 9.47. The van der Waals surface area contributed by atoms with Crippen LogP contribution in [0.25, 0.3) is 0 Å². The van der Waals surface area contributed by atoms with Crippen molar-refractivity contribution in [3.63, 3.8) is 0 Å². The SMILES string of the molecule is COc1cc(C[NH2+]C[C@H]2CCCO2)cc(Cl)c1OCc1ccc(Cl)cc1. The van der Waals surface area contributed by atoms with E-state index in [0.29, 0.717) is 34.3 Å². The minimum Gasteiger partial charge on any atom is -0.493 e. The van der Waals surface area contributed by atoms with Gasteiger partial charge in [-0.2, -0.15) is 0 Å². The predicted octanol–water partition coefficient (Wildman–Crippen LogP) is 3.82. The van der Waals surface area contributed by atoms with Crippen molar-refractivity contribution in [2.24, 2.45) is 0 Å². The van der Waals surface area contributed by atoms with Crippen molar-refractivity contribution in [1.29, 1.82) is 0 Å². The molecule has 6 heteroatoms. The molecule has 1 fully saturated rings. The first kappa shape index (κ1) is 19.3. The van der Waals surface area contributed by atoms with Crippen LogP contribution in [0.1, 0.15) is 24.0 Å². The van der Waals surface area contributed by atoms with Gasteiger partial charge >= 0.3 is 0 Å². The van der Waals surface area contributed by atoms with E-state index >= 15 is 0 Å². The van der Waals surface area contributed by atoms with Crippen LogP contribution in [0.3, 0.4) is 0 Å². The first-order valence-corrected chi connectivity index (χ1v) is 9.58. The first-order valence-electron chi connectivity index (χ1n) is 8.82. The largest absolute Gasteiger partial charge is 0.493 e. The summed E-state index contributed by atoms with van der Waals surface area (Å²) >= 11 is 12.4. The van der Waals surface area contributed by atoms with Crippen molar-refractivity contribution in [3.8, 4) is 11.5 Å². The van der Waals surface area contributed by atoms with E-state index in [2.05, 4.69) is 5.32 Å². The van der Waals surface area contributed by atoms with Crippen LogP contribution in [0, 0.1) is 0 Å². The molecule has 2 aromatic rings. The summed E-state index contributed by atoms with van der Waals surface area (Å²) in [5, 5.41) is 3.50. The molecule has 4 nitrogen and oxygen atoms in total. The van der Waals surface area contributed by atoms with E-state index in [-0.39, 0.29) is 0 Å². The topological polar surface area (TPSA) is 44.3 Å². The van der Waals surface area contributed by atoms with Crippen molar-refractivity contribution in [2.45, 2.75) is 32.1 Å². The molecule has 26 heavy (non-hydrogen) atoms. The van der Waals surface area contributed by atoms with Crippen LogP contribution >= 0.6 is 23.2 Å². The summed E-state index contributed by atoms with van der Waals surface area (Å²) in [5.41, 5.74) is 2.12. The normalized spacial score (nSPS) is 16.7. The molecule has 0 saturated carbocycles. The van der Waals surface area contributed by atoms with Crippen LogP contribution in [0.2, 0.25) is 10.0 Å². The summed E-state index contributed by atoms with van der Waals surface area (Å²) in [5.74, 6) is 1.21. The lowest BCUT2D eigenvalue weighted by Gasteiger charge is -2.14. The van der Waals surface area contributed by atoms with Gasteiger partial charge in [0.1, 0.15) is 25.8 Å². The highest BCUT2D eigenvalue weighted by Crippen LogP contribution is 2.36. The van der Waals surface area contributed by atoms with Gasteiger partial charge < -0.3 is 19.5 Å². The average molecular weight is 397 g/mol. The number of ether oxygens (including phenoxy) is 3. The zero-order chi connectivity index (χ0) is 18.4. The lowest BCUT2D eigenvalue weighted by Crippen LogP contribution is -2.84. The molecule has 2 aromatic carbocycles. The van der Waals surface area contributed by atoms with E-state index in [4.69, 9.17) is 37.4 Å². The monoisotopic (exact) mass is 396 g/mol. The Hall–Kier alpha value is -1.46. The minimum absolute atomic E-state index is 0.370. The van der Waals surface area contributed by atoms with Gasteiger partial charge in [-0.3, -0.25) is 0 Å². The zero-order valence-electron chi connectivity index (χ0n) is 14.8. The van der Waals surface area contributed by atoms with Gasteiger partial charge in [-0.25, -0.2) is 0 Å². The standard InChI is InChI=1S/C20H23Cl2NO3/c1-24-19-10-15(11-23-12-17-3-2-8-25-17)9-18(22)20(19)26-13-14-4-6-16(21)7-5-14/h4-7,9-10,17,23H,2-3,8,11-13H2,1H3/p+1/t17-/m1/s1. The van der Waals surface area contributed by atoms with E-state index in [1.807, 2.05) is 36.4 Å². The number of hydrogen-bond acceptors (Lipinski definition) is 3. The van der Waals surface area contributed by atoms with Crippen molar-refractivity contribution < 1.29 is 19.5 Å². The Bertz CT molecular complexity index is 716. The number of halogens is 2. The third-order valence-electron chi connectivity index (χ3n) is 4.42. The summed E-state index contributed by atoms with van der Waals surface area (Å²) in [6, 6.07) is 11.5. The molecule has 2 N–H and O–H groups in total. The lowest BCUT2D eigenvalue weighted by molar-refractivity contribution is -0.676. The summed E-state index contributed by atoms with van der Waals surface area (Å²) < 4.78 is 17.0. The maximum atomic E-state index is 6.45. The molecule has 0 radical (unpaired) electrons. The van der Waals surface area contributed by atoms with Crippen LogP contribution in [-0.4, -0.2) is 26.4 Å². The van der Waals surface area contributed by atoms with Gasteiger partial charge in [-0.15, -0.1) is 0 Å². The van der Waals surface area contributed by atoms with Crippen LogP contribution < -0.4 is 14.8 Å². The molecule has 1 aliphatic heterocycles. The molecule has 0 bridgehead atoms. The van der Waals surface area contributed by atoms with Gasteiger partial charge in [0.2, 0.25) is 0 Å². The van der Waals surface area contributed by atoms with E-state index in [1.54, 1.807) is 7.11 Å². The van der Waals surface area contributed by atoms with Crippen LogP contribution in [0.5, 0.6) is 11.5 Å². The summed E-state index contributed by atoms with van der Waals surface area (Å²) in [6.45, 7) is 3.08. The number of benzene rings is 2. The van der Waals surface area contributed by atoms with Gasteiger partial charge in [0.05, 0.1) is 12.1 Å². The summed E-state index contributed by atoms with van der Waals surface area (Å²) in [6.07, 6.45) is 2.69. The first-order chi connectivity index (χ1) is 12.7. The number of nitrogens with two attached hydrogens (primary N) is 1. The van der Waals surface area contributed by atoms with Crippen LogP contribution in [0.15, 0.2) is 36.4 Å². The predicted molar refractivity (Wildman–Crippen MR) is 103 cm³/mol. The highest BCUT2D eigenvalue weighted by Gasteiger charge is 2.18. The van der Waals surface area contributed by atoms with Crippen LogP contribution in [-0.2, 0) is 17.9 Å². The van der Waals surface area contributed by atoms with E-state index in [0.717, 1.165) is 43.7 Å². The number of methoxy groups -OCH3 is 1. The van der Waals surface area contributed by atoms with E-state index < -0.39 is 0 Å². The minimum atomic E-state index is 0.370. The van der Waals surface area contributed by atoms with E-state index in [1.165, 1.54) is 0 Å². The Labute approximate surface area is 164 Å². The second-order valence-corrected chi connectivity index (χ2v) is 7.23. The molecule has 0 spiro atoms. The van der Waals surface area contributed by atoms with Gasteiger partial charge in [-0.1, -0.05) is 35.3 Å². The smallest absolute Gasteiger partial charge is 0.180 e. The fourth-order valence-electron chi connectivity index (χ4n) is 3.03. The molecular formula is C20H24Cl2NO3+. The zero-order valence-corrected chi connectivity index (χ0v) is 16.4. The maximum absolute atomic E-state index is 6.45. The molecule has 1 heterocycles.